The Bertz CT molecular complexity index is 60.9. The van der Waals surface area contributed by atoms with Gasteiger partial charge in [0, 0.05) is 11.2 Å². The van der Waals surface area contributed by atoms with Gasteiger partial charge in [0.25, 0.3) is 0 Å². The van der Waals surface area contributed by atoms with E-state index in [4.69, 9.17) is 4.74 Å². The Kier molecular flexibility index (Phi) is 2.32. The third kappa shape index (κ3) is 1.06. The van der Waals surface area contributed by atoms with E-state index in [1.54, 1.807) is 0 Å². The predicted octanol–water partition coefficient (Wildman–Crippen LogP) is 1.81. The molecule has 8 heavy (non-hydrogen) atoms. The molecule has 0 amide bonds. The normalized spacial score (nSPS) is 36.8. The van der Waals surface area contributed by atoms with Crippen molar-refractivity contribution in [3.63, 3.8) is 0 Å². The molecule has 1 fully saturated rings. The van der Waals surface area contributed by atoms with E-state index in [2.05, 4.69) is 22.9 Å². The molecule has 0 radical (unpaired) electrons. The number of hydrogen-bond acceptors (Lipinski definition) is 1. The van der Waals surface area contributed by atoms with Crippen molar-refractivity contribution in [2.45, 2.75) is 19.4 Å². The van der Waals surface area contributed by atoms with Crippen LogP contribution in [0.5, 0.6) is 0 Å². The first-order valence-corrected chi connectivity index (χ1v) is 4.18. The van der Waals surface area contributed by atoms with Crippen LogP contribution >= 0.6 is 15.9 Å². The molecule has 0 aromatic rings. The second-order valence-electron chi connectivity index (χ2n) is 2.19. The molecule has 0 N–H and O–H groups in total. The molecule has 1 aliphatic heterocycles. The van der Waals surface area contributed by atoms with E-state index in [0.29, 0.717) is 6.10 Å². The molecule has 1 rings (SSSR count). The molecule has 1 saturated heterocycles. The molecule has 1 nitrogen and oxygen atoms in total. The van der Waals surface area contributed by atoms with Crippen LogP contribution < -0.4 is 0 Å². The van der Waals surface area contributed by atoms with Gasteiger partial charge >= 0.3 is 0 Å². The SMILES string of the molecule is CCC1OCC1CBr. The van der Waals surface area contributed by atoms with Gasteiger partial charge in [0.05, 0.1) is 12.7 Å². The minimum atomic E-state index is 0.550. The maximum absolute atomic E-state index is 5.25. The summed E-state index contributed by atoms with van der Waals surface area (Å²) >= 11 is 3.43. The van der Waals surface area contributed by atoms with Crippen LogP contribution in [0.3, 0.4) is 0 Å². The number of rotatable bonds is 2. The molecule has 0 aliphatic carbocycles. The van der Waals surface area contributed by atoms with Gasteiger partial charge in [-0.2, -0.15) is 0 Å². The summed E-state index contributed by atoms with van der Waals surface area (Å²) in [6, 6.07) is 0. The molecule has 1 heterocycles. The summed E-state index contributed by atoms with van der Waals surface area (Å²) in [6.45, 7) is 3.13. The van der Waals surface area contributed by atoms with Crippen molar-refractivity contribution < 1.29 is 4.74 Å². The van der Waals surface area contributed by atoms with Crippen LogP contribution in [0, 0.1) is 5.92 Å². The average molecular weight is 179 g/mol. The summed E-state index contributed by atoms with van der Waals surface area (Å²) < 4.78 is 5.25. The van der Waals surface area contributed by atoms with Gasteiger partial charge in [-0.05, 0) is 6.42 Å². The smallest absolute Gasteiger partial charge is 0.0630 e. The topological polar surface area (TPSA) is 9.23 Å². The monoisotopic (exact) mass is 178 g/mol. The number of ether oxygens (including phenoxy) is 1. The van der Waals surface area contributed by atoms with Gasteiger partial charge in [0.15, 0.2) is 0 Å². The quantitative estimate of drug-likeness (QED) is 0.587. The molecule has 0 spiro atoms. The maximum atomic E-state index is 5.25. The van der Waals surface area contributed by atoms with E-state index < -0.39 is 0 Å². The van der Waals surface area contributed by atoms with Crippen LogP contribution in [-0.2, 0) is 4.74 Å². The first-order chi connectivity index (χ1) is 3.88. The molecular formula is C6H11BrO. The Morgan fingerprint density at radius 2 is 2.50 bits per heavy atom. The van der Waals surface area contributed by atoms with E-state index in [1.807, 2.05) is 0 Å². The Morgan fingerprint density at radius 1 is 1.75 bits per heavy atom. The Morgan fingerprint density at radius 3 is 2.62 bits per heavy atom. The second kappa shape index (κ2) is 2.83. The minimum Gasteiger partial charge on any atom is -0.377 e. The molecule has 2 atom stereocenters. The third-order valence-corrected chi connectivity index (χ3v) is 2.48. The van der Waals surface area contributed by atoms with Gasteiger partial charge in [-0.15, -0.1) is 0 Å². The molecule has 48 valence electrons. The standard InChI is InChI=1S/C6H11BrO/c1-2-6-5(3-7)4-8-6/h5-6H,2-4H2,1H3. The van der Waals surface area contributed by atoms with E-state index in [-0.39, 0.29) is 0 Å². The highest BCUT2D eigenvalue weighted by molar-refractivity contribution is 9.09. The summed E-state index contributed by atoms with van der Waals surface area (Å²) in [7, 11) is 0. The lowest BCUT2D eigenvalue weighted by molar-refractivity contribution is -0.104. The number of alkyl halides is 1. The van der Waals surface area contributed by atoms with Crippen LogP contribution in [0.25, 0.3) is 0 Å². The molecule has 0 aromatic carbocycles. The second-order valence-corrected chi connectivity index (χ2v) is 2.84. The van der Waals surface area contributed by atoms with Crippen molar-refractivity contribution in [1.82, 2.24) is 0 Å². The fourth-order valence-corrected chi connectivity index (χ4v) is 1.57. The van der Waals surface area contributed by atoms with Gasteiger partial charge in [-0.25, -0.2) is 0 Å². The summed E-state index contributed by atoms with van der Waals surface area (Å²) in [5.74, 6) is 0.792. The Hall–Kier alpha value is 0.440. The number of hydrogen-bond donors (Lipinski definition) is 0. The molecule has 2 heteroatoms. The molecule has 0 bridgehead atoms. The zero-order valence-corrected chi connectivity index (χ0v) is 6.65. The van der Waals surface area contributed by atoms with Crippen molar-refractivity contribution in [1.29, 1.82) is 0 Å². The molecule has 0 saturated carbocycles. The zero-order valence-electron chi connectivity index (χ0n) is 5.06. The Labute approximate surface area is 58.5 Å². The highest BCUT2D eigenvalue weighted by atomic mass is 79.9. The van der Waals surface area contributed by atoms with Gasteiger partial charge in [-0.3, -0.25) is 0 Å². The Balaban J connectivity index is 2.16. The van der Waals surface area contributed by atoms with E-state index >= 15 is 0 Å². The zero-order chi connectivity index (χ0) is 5.98. The summed E-state index contributed by atoms with van der Waals surface area (Å²) in [5, 5.41) is 1.10. The largest absolute Gasteiger partial charge is 0.377 e. The maximum Gasteiger partial charge on any atom is 0.0630 e. The number of halogens is 1. The lowest BCUT2D eigenvalue weighted by Gasteiger charge is -2.34. The van der Waals surface area contributed by atoms with E-state index in [1.165, 1.54) is 0 Å². The van der Waals surface area contributed by atoms with Crippen LogP contribution in [0.1, 0.15) is 13.3 Å². The molecular weight excluding hydrogens is 168 g/mol. The van der Waals surface area contributed by atoms with Crippen molar-refractivity contribution in [3.05, 3.63) is 0 Å². The van der Waals surface area contributed by atoms with Crippen LogP contribution in [-0.4, -0.2) is 18.0 Å². The van der Waals surface area contributed by atoms with Crippen LogP contribution in [0.15, 0.2) is 0 Å². The minimum absolute atomic E-state index is 0.550. The summed E-state index contributed by atoms with van der Waals surface area (Å²) in [6.07, 6.45) is 1.71. The average Bonchev–Trinajstić information content (AvgIpc) is 1.66. The first-order valence-electron chi connectivity index (χ1n) is 3.06. The van der Waals surface area contributed by atoms with Crippen molar-refractivity contribution in [3.8, 4) is 0 Å². The fraction of sp³-hybridized carbons (Fsp3) is 1.00. The van der Waals surface area contributed by atoms with Gasteiger partial charge in [0.2, 0.25) is 0 Å². The lowest BCUT2D eigenvalue weighted by Crippen LogP contribution is -2.39. The summed E-state index contributed by atoms with van der Waals surface area (Å²) in [4.78, 5) is 0. The highest BCUT2D eigenvalue weighted by Crippen LogP contribution is 2.24. The highest BCUT2D eigenvalue weighted by Gasteiger charge is 2.28. The summed E-state index contributed by atoms with van der Waals surface area (Å²) in [5.41, 5.74) is 0. The molecule has 1 aliphatic rings. The van der Waals surface area contributed by atoms with Crippen molar-refractivity contribution in [2.24, 2.45) is 5.92 Å². The van der Waals surface area contributed by atoms with Crippen molar-refractivity contribution >= 4 is 15.9 Å². The lowest BCUT2D eigenvalue weighted by atomic mass is 9.98. The van der Waals surface area contributed by atoms with E-state index in [9.17, 15) is 0 Å². The van der Waals surface area contributed by atoms with Crippen molar-refractivity contribution in [2.75, 3.05) is 11.9 Å². The van der Waals surface area contributed by atoms with Gasteiger partial charge in [-0.1, -0.05) is 22.9 Å². The molecule has 2 unspecified atom stereocenters. The van der Waals surface area contributed by atoms with E-state index in [0.717, 1.165) is 24.3 Å². The van der Waals surface area contributed by atoms with Gasteiger partial charge in [0.1, 0.15) is 0 Å². The molecule has 0 aromatic heterocycles. The predicted molar refractivity (Wildman–Crippen MR) is 37.3 cm³/mol. The first kappa shape index (κ1) is 6.56. The fourth-order valence-electron chi connectivity index (χ4n) is 0.963. The van der Waals surface area contributed by atoms with Crippen LogP contribution in [0.4, 0.5) is 0 Å². The van der Waals surface area contributed by atoms with Crippen LogP contribution in [0.2, 0.25) is 0 Å². The third-order valence-electron chi connectivity index (χ3n) is 1.65. The van der Waals surface area contributed by atoms with Gasteiger partial charge < -0.3 is 4.74 Å².